The molecule has 9 nitrogen and oxygen atoms in total. The van der Waals surface area contributed by atoms with Gasteiger partial charge in [0, 0.05) is 6.42 Å². The Morgan fingerprint density at radius 3 is 2.56 bits per heavy atom. The van der Waals surface area contributed by atoms with Crippen molar-refractivity contribution in [1.82, 2.24) is 14.8 Å². The molecule has 14 heteroatoms. The Morgan fingerprint density at radius 1 is 1.11 bits per heavy atom. The predicted octanol–water partition coefficient (Wildman–Crippen LogP) is 7.70. The van der Waals surface area contributed by atoms with Gasteiger partial charge in [0.25, 0.3) is 0 Å². The first-order valence-electron chi connectivity index (χ1n) is 13.9. The van der Waals surface area contributed by atoms with Crippen LogP contribution in [0.2, 0.25) is 5.02 Å². The Labute approximate surface area is 266 Å². The number of nitrogens with one attached hydrogen (secondary N) is 1. The first-order valence-corrected chi connectivity index (χ1v) is 15.2. The molecule has 1 aliphatic heterocycles. The lowest BCUT2D eigenvalue weighted by Crippen LogP contribution is -2.31. The van der Waals surface area contributed by atoms with Crippen molar-refractivity contribution in [2.45, 2.75) is 45.9 Å². The van der Waals surface area contributed by atoms with Gasteiger partial charge < -0.3 is 10.1 Å². The SMILES string of the molecule is Cc1ccc(C(C)C)c(N2C(=O)CSC2=NC(=O)Nc2ccc(CCc3ncn(-c4ccc(OC(F)(F)F)cc4)n3)cc2Cl)c1. The van der Waals surface area contributed by atoms with E-state index < -0.39 is 12.4 Å². The molecule has 2 heterocycles. The average Bonchev–Trinajstić information content (AvgIpc) is 3.59. The molecule has 5 rings (SSSR count). The first kappa shape index (κ1) is 32.0. The summed E-state index contributed by atoms with van der Waals surface area (Å²) in [5.74, 6) is 0.406. The minimum atomic E-state index is -4.76. The molecular formula is C31H28ClF3N6O3S. The van der Waals surface area contributed by atoms with E-state index in [0.29, 0.717) is 40.2 Å². The Balaban J connectivity index is 1.21. The molecule has 0 atom stereocenters. The lowest BCUT2D eigenvalue weighted by atomic mass is 9.99. The smallest absolute Gasteiger partial charge is 0.406 e. The van der Waals surface area contributed by atoms with Crippen molar-refractivity contribution < 1.29 is 27.5 Å². The third-order valence-electron chi connectivity index (χ3n) is 6.80. The highest BCUT2D eigenvalue weighted by Crippen LogP contribution is 2.34. The van der Waals surface area contributed by atoms with Crippen LogP contribution >= 0.6 is 23.4 Å². The molecule has 0 bridgehead atoms. The van der Waals surface area contributed by atoms with E-state index >= 15 is 0 Å². The first-order chi connectivity index (χ1) is 21.4. The minimum Gasteiger partial charge on any atom is -0.406 e. The Hall–Kier alpha value is -4.36. The van der Waals surface area contributed by atoms with Gasteiger partial charge in [-0.2, -0.15) is 10.1 Å². The number of amides is 3. The number of urea groups is 1. The van der Waals surface area contributed by atoms with Crippen LogP contribution in [0.3, 0.4) is 0 Å². The maximum Gasteiger partial charge on any atom is 0.573 e. The summed E-state index contributed by atoms with van der Waals surface area (Å²) in [4.78, 5) is 35.7. The highest BCUT2D eigenvalue weighted by Gasteiger charge is 2.33. The zero-order chi connectivity index (χ0) is 32.3. The van der Waals surface area contributed by atoms with Crippen LogP contribution in [0, 0.1) is 6.92 Å². The van der Waals surface area contributed by atoms with Gasteiger partial charge in [0.05, 0.1) is 27.8 Å². The number of benzene rings is 3. The maximum atomic E-state index is 12.9. The van der Waals surface area contributed by atoms with Crippen molar-refractivity contribution >= 4 is 51.8 Å². The van der Waals surface area contributed by atoms with Gasteiger partial charge in [0.15, 0.2) is 11.0 Å². The summed E-state index contributed by atoms with van der Waals surface area (Å²) in [6, 6.07) is 15.8. The summed E-state index contributed by atoms with van der Waals surface area (Å²) in [7, 11) is 0. The number of anilines is 2. The fraction of sp³-hybridized carbons (Fsp3) is 0.258. The zero-order valence-electron chi connectivity index (χ0n) is 24.4. The Bertz CT molecular complexity index is 1760. The molecule has 1 fully saturated rings. The summed E-state index contributed by atoms with van der Waals surface area (Å²) in [6.07, 6.45) is -2.28. The van der Waals surface area contributed by atoms with Gasteiger partial charge in [-0.25, -0.2) is 14.5 Å². The van der Waals surface area contributed by atoms with Crippen molar-refractivity contribution in [1.29, 1.82) is 0 Å². The second-order valence-electron chi connectivity index (χ2n) is 10.5. The van der Waals surface area contributed by atoms with Crippen LogP contribution in [-0.2, 0) is 17.6 Å². The molecule has 234 valence electrons. The van der Waals surface area contributed by atoms with Gasteiger partial charge in [0.2, 0.25) is 5.91 Å². The van der Waals surface area contributed by atoms with Crippen LogP contribution in [0.4, 0.5) is 29.3 Å². The van der Waals surface area contributed by atoms with Gasteiger partial charge in [-0.3, -0.25) is 9.69 Å². The van der Waals surface area contributed by atoms with E-state index in [1.165, 1.54) is 51.9 Å². The van der Waals surface area contributed by atoms with E-state index in [0.717, 1.165) is 22.4 Å². The number of aromatic nitrogens is 3. The van der Waals surface area contributed by atoms with Crippen LogP contribution in [0.25, 0.3) is 5.69 Å². The van der Waals surface area contributed by atoms with Crippen molar-refractivity contribution in [3.63, 3.8) is 0 Å². The molecule has 0 saturated carbocycles. The second-order valence-corrected chi connectivity index (χ2v) is 11.9. The van der Waals surface area contributed by atoms with Crippen molar-refractivity contribution in [3.8, 4) is 11.4 Å². The third-order valence-corrected chi connectivity index (χ3v) is 8.03. The van der Waals surface area contributed by atoms with Crippen molar-refractivity contribution in [3.05, 3.63) is 94.5 Å². The van der Waals surface area contributed by atoms with Gasteiger partial charge in [-0.1, -0.05) is 55.4 Å². The molecule has 45 heavy (non-hydrogen) atoms. The number of rotatable bonds is 8. The summed E-state index contributed by atoms with van der Waals surface area (Å²) in [5, 5.41) is 7.71. The summed E-state index contributed by atoms with van der Waals surface area (Å²) in [5.41, 5.74) is 4.47. The molecular weight excluding hydrogens is 629 g/mol. The largest absolute Gasteiger partial charge is 0.573 e. The molecule has 1 aromatic heterocycles. The third kappa shape index (κ3) is 8.03. The maximum absolute atomic E-state index is 12.9. The predicted molar refractivity (Wildman–Crippen MR) is 169 cm³/mol. The van der Waals surface area contributed by atoms with Crippen LogP contribution in [0.15, 0.2) is 72.0 Å². The number of carbonyl (C=O) groups excluding carboxylic acids is 2. The normalized spacial score (nSPS) is 14.4. The standard InChI is InChI=1S/C31H28ClF3N6O3S/c1-18(2)23-11-4-19(3)14-26(23)41-28(42)16-45-30(41)38-29(43)37-25-12-5-20(15-24(25)32)6-13-27-36-17-40(39-27)21-7-9-22(10-8-21)44-31(33,34)35/h4-5,7-12,14-15,17-18H,6,13,16H2,1-3H3,(H,37,43). The molecule has 0 aliphatic carbocycles. The molecule has 0 unspecified atom stereocenters. The Morgan fingerprint density at radius 2 is 1.87 bits per heavy atom. The molecule has 0 radical (unpaired) electrons. The van der Waals surface area contributed by atoms with Gasteiger partial charge in [-0.15, -0.1) is 13.2 Å². The number of aliphatic imine (C=N–C) groups is 1. The van der Waals surface area contributed by atoms with Gasteiger partial charge in [0.1, 0.15) is 12.1 Å². The number of ether oxygens (including phenoxy) is 1. The highest BCUT2D eigenvalue weighted by atomic mass is 35.5. The monoisotopic (exact) mass is 656 g/mol. The molecule has 3 amide bonds. The fourth-order valence-corrected chi connectivity index (χ4v) is 5.76. The number of thioether (sulfide) groups is 1. The number of hydrogen-bond donors (Lipinski definition) is 1. The molecule has 0 spiro atoms. The van der Waals surface area contributed by atoms with E-state index in [-0.39, 0.29) is 23.3 Å². The molecule has 1 saturated heterocycles. The van der Waals surface area contributed by atoms with Gasteiger partial charge >= 0.3 is 12.4 Å². The van der Waals surface area contributed by atoms with Crippen molar-refractivity contribution in [2.24, 2.45) is 4.99 Å². The van der Waals surface area contributed by atoms with Crippen LogP contribution in [0.5, 0.6) is 5.75 Å². The lowest BCUT2D eigenvalue weighted by molar-refractivity contribution is -0.274. The molecule has 4 aromatic rings. The quantitative estimate of drug-likeness (QED) is 0.209. The van der Waals surface area contributed by atoms with Crippen LogP contribution < -0.4 is 15.0 Å². The number of aryl methyl sites for hydroxylation is 3. The second kappa shape index (κ2) is 13.3. The summed E-state index contributed by atoms with van der Waals surface area (Å²) in [6.45, 7) is 6.04. The van der Waals surface area contributed by atoms with E-state index in [1.807, 2.05) is 45.0 Å². The summed E-state index contributed by atoms with van der Waals surface area (Å²) >= 11 is 7.69. The molecule has 1 aliphatic rings. The molecule has 1 N–H and O–H groups in total. The number of hydrogen-bond acceptors (Lipinski definition) is 6. The number of nitrogens with zero attached hydrogens (tertiary/aromatic N) is 5. The van der Waals surface area contributed by atoms with Crippen LogP contribution in [-0.4, -0.2) is 44.0 Å². The molecule has 3 aromatic carbocycles. The van der Waals surface area contributed by atoms with E-state index in [9.17, 15) is 22.8 Å². The van der Waals surface area contributed by atoms with E-state index in [1.54, 1.807) is 12.1 Å². The zero-order valence-corrected chi connectivity index (χ0v) is 26.0. The topological polar surface area (TPSA) is 102 Å². The van der Waals surface area contributed by atoms with E-state index in [2.05, 4.69) is 25.1 Å². The minimum absolute atomic E-state index is 0.144. The number of halogens is 4. The number of amidine groups is 1. The summed E-state index contributed by atoms with van der Waals surface area (Å²) < 4.78 is 42.5. The average molecular weight is 657 g/mol. The fourth-order valence-electron chi connectivity index (χ4n) is 4.66. The van der Waals surface area contributed by atoms with Crippen LogP contribution in [0.1, 0.15) is 42.3 Å². The van der Waals surface area contributed by atoms with E-state index in [4.69, 9.17) is 11.6 Å². The Kier molecular flexibility index (Phi) is 9.49. The van der Waals surface area contributed by atoms with Crippen molar-refractivity contribution in [2.75, 3.05) is 16.0 Å². The lowest BCUT2D eigenvalue weighted by Gasteiger charge is -2.22. The highest BCUT2D eigenvalue weighted by molar-refractivity contribution is 8.15. The van der Waals surface area contributed by atoms with Gasteiger partial charge in [-0.05, 0) is 78.4 Å². The number of carbonyl (C=O) groups is 2. The number of alkyl halides is 3.